The highest BCUT2D eigenvalue weighted by molar-refractivity contribution is 5.65. The molecular weight excluding hydrogens is 266 g/mol. The molecule has 1 aromatic rings. The van der Waals surface area contributed by atoms with Crippen LogP contribution < -0.4 is 10.6 Å². The Morgan fingerprint density at radius 1 is 1.00 bits per heavy atom. The van der Waals surface area contributed by atoms with Gasteiger partial charge in [0.1, 0.15) is 0 Å². The molecule has 1 spiro atoms. The highest BCUT2D eigenvalue weighted by Gasteiger charge is 2.38. The molecule has 3 N–H and O–H groups in total. The van der Waals surface area contributed by atoms with Gasteiger partial charge in [0.25, 0.3) is 0 Å². The monoisotopic (exact) mass is 289 g/mol. The summed E-state index contributed by atoms with van der Waals surface area (Å²) < 4.78 is 0. The molecule has 2 saturated heterocycles. The molecule has 0 atom stereocenters. The van der Waals surface area contributed by atoms with Crippen molar-refractivity contribution >= 4 is 17.5 Å². The number of nitrogens with zero attached hydrogens (tertiary/aromatic N) is 2. The molecule has 2 aliphatic heterocycles. The molecule has 1 aromatic carbocycles. The van der Waals surface area contributed by atoms with Gasteiger partial charge in [-0.3, -0.25) is 0 Å². The molecule has 0 aromatic heterocycles. The van der Waals surface area contributed by atoms with Gasteiger partial charge in [0.2, 0.25) is 0 Å². The quantitative estimate of drug-likeness (QED) is 0.780. The lowest BCUT2D eigenvalue weighted by Crippen LogP contribution is -2.48. The van der Waals surface area contributed by atoms with E-state index in [1.54, 1.807) is 4.90 Å². The smallest absolute Gasteiger partial charge is 0.407 e. The number of carboxylic acid groups (broad SMARTS) is 1. The average molecular weight is 289 g/mol. The van der Waals surface area contributed by atoms with Crippen molar-refractivity contribution in [1.82, 2.24) is 4.90 Å². The van der Waals surface area contributed by atoms with E-state index in [2.05, 4.69) is 17.0 Å². The molecule has 0 aliphatic carbocycles. The third-order valence-electron chi connectivity index (χ3n) is 5.18. The number of rotatable bonds is 1. The third kappa shape index (κ3) is 2.91. The number of hydrogen-bond acceptors (Lipinski definition) is 3. The predicted octanol–water partition coefficient (Wildman–Crippen LogP) is 2.63. The fourth-order valence-corrected chi connectivity index (χ4v) is 3.60. The lowest BCUT2D eigenvalue weighted by atomic mass is 9.71. The number of nitrogens with two attached hydrogens (primary N) is 1. The van der Waals surface area contributed by atoms with Crippen LogP contribution in [0.3, 0.4) is 0 Å². The number of hydrogen-bond donors (Lipinski definition) is 2. The lowest BCUT2D eigenvalue weighted by molar-refractivity contribution is 0.0736. The van der Waals surface area contributed by atoms with Gasteiger partial charge in [0, 0.05) is 37.6 Å². The van der Waals surface area contributed by atoms with Crippen molar-refractivity contribution in [2.24, 2.45) is 5.41 Å². The van der Waals surface area contributed by atoms with Crippen LogP contribution in [0.5, 0.6) is 0 Å². The average Bonchev–Trinajstić information content (AvgIpc) is 2.50. The van der Waals surface area contributed by atoms with Crippen molar-refractivity contribution < 1.29 is 9.90 Å². The molecule has 114 valence electrons. The third-order valence-corrected chi connectivity index (χ3v) is 5.18. The Kier molecular flexibility index (Phi) is 3.66. The van der Waals surface area contributed by atoms with Crippen LogP contribution in [0.2, 0.25) is 0 Å². The minimum atomic E-state index is -0.774. The van der Waals surface area contributed by atoms with Gasteiger partial charge in [-0.1, -0.05) is 0 Å². The van der Waals surface area contributed by atoms with Gasteiger partial charge in [-0.05, 0) is 55.4 Å². The van der Waals surface area contributed by atoms with Crippen LogP contribution in [0, 0.1) is 5.41 Å². The van der Waals surface area contributed by atoms with Gasteiger partial charge in [0.15, 0.2) is 0 Å². The van der Waals surface area contributed by atoms with Crippen molar-refractivity contribution in [1.29, 1.82) is 0 Å². The van der Waals surface area contributed by atoms with E-state index >= 15 is 0 Å². The summed E-state index contributed by atoms with van der Waals surface area (Å²) in [7, 11) is 0. The van der Waals surface area contributed by atoms with Crippen molar-refractivity contribution in [3.05, 3.63) is 24.3 Å². The summed E-state index contributed by atoms with van der Waals surface area (Å²) in [5.74, 6) is 0. The number of nitrogen functional groups attached to an aromatic ring is 1. The predicted molar refractivity (Wildman–Crippen MR) is 83.6 cm³/mol. The fraction of sp³-hybridized carbons (Fsp3) is 0.562. The van der Waals surface area contributed by atoms with Crippen LogP contribution in [0.1, 0.15) is 25.7 Å². The molecule has 0 radical (unpaired) electrons. The normalized spacial score (nSPS) is 21.5. The lowest BCUT2D eigenvalue weighted by Gasteiger charge is -2.46. The molecule has 2 aliphatic rings. The Balaban J connectivity index is 1.58. The van der Waals surface area contributed by atoms with E-state index < -0.39 is 6.09 Å². The first-order valence-corrected chi connectivity index (χ1v) is 7.66. The van der Waals surface area contributed by atoms with Crippen LogP contribution in [0.15, 0.2) is 24.3 Å². The molecule has 0 unspecified atom stereocenters. The first-order chi connectivity index (χ1) is 10.1. The largest absolute Gasteiger partial charge is 0.465 e. The van der Waals surface area contributed by atoms with Crippen LogP contribution in [-0.4, -0.2) is 42.3 Å². The minimum absolute atomic E-state index is 0.357. The number of anilines is 2. The van der Waals surface area contributed by atoms with Crippen LogP contribution >= 0.6 is 0 Å². The highest BCUT2D eigenvalue weighted by Crippen LogP contribution is 2.42. The van der Waals surface area contributed by atoms with E-state index in [4.69, 9.17) is 10.8 Å². The summed E-state index contributed by atoms with van der Waals surface area (Å²) in [6, 6.07) is 8.07. The second kappa shape index (κ2) is 5.47. The zero-order valence-corrected chi connectivity index (χ0v) is 12.3. The molecule has 2 heterocycles. The summed E-state index contributed by atoms with van der Waals surface area (Å²) in [5, 5.41) is 9.05. The first kappa shape index (κ1) is 14.0. The Hall–Kier alpha value is -1.91. The van der Waals surface area contributed by atoms with Gasteiger partial charge in [-0.25, -0.2) is 4.79 Å². The first-order valence-electron chi connectivity index (χ1n) is 7.66. The Labute approximate surface area is 125 Å². The zero-order valence-electron chi connectivity index (χ0n) is 12.3. The molecular formula is C16H23N3O2. The molecule has 3 rings (SSSR count). The van der Waals surface area contributed by atoms with E-state index in [-0.39, 0.29) is 0 Å². The van der Waals surface area contributed by atoms with Crippen molar-refractivity contribution in [3.8, 4) is 0 Å². The van der Waals surface area contributed by atoms with Gasteiger partial charge < -0.3 is 20.6 Å². The maximum Gasteiger partial charge on any atom is 0.407 e. The SMILES string of the molecule is Nc1ccc(N2CCC3(CCN(C(=O)O)CC3)CC2)cc1. The number of likely N-dealkylation sites (tertiary alicyclic amines) is 1. The number of carbonyl (C=O) groups is 1. The molecule has 2 fully saturated rings. The van der Waals surface area contributed by atoms with E-state index in [0.717, 1.165) is 44.5 Å². The topological polar surface area (TPSA) is 69.8 Å². The molecule has 21 heavy (non-hydrogen) atoms. The van der Waals surface area contributed by atoms with E-state index in [1.807, 2.05) is 12.1 Å². The number of benzene rings is 1. The molecule has 5 heteroatoms. The summed E-state index contributed by atoms with van der Waals surface area (Å²) in [6.45, 7) is 3.49. The van der Waals surface area contributed by atoms with Gasteiger partial charge in [-0.15, -0.1) is 0 Å². The van der Waals surface area contributed by atoms with Crippen molar-refractivity contribution in [2.45, 2.75) is 25.7 Å². The summed E-state index contributed by atoms with van der Waals surface area (Å²) in [6.07, 6.45) is 3.56. The van der Waals surface area contributed by atoms with Crippen LogP contribution in [0.25, 0.3) is 0 Å². The summed E-state index contributed by atoms with van der Waals surface area (Å²) >= 11 is 0. The second-order valence-electron chi connectivity index (χ2n) is 6.35. The zero-order chi connectivity index (χ0) is 14.9. The molecule has 5 nitrogen and oxygen atoms in total. The van der Waals surface area contributed by atoms with E-state index in [1.165, 1.54) is 5.69 Å². The highest BCUT2D eigenvalue weighted by atomic mass is 16.4. The van der Waals surface area contributed by atoms with Gasteiger partial charge in [0.05, 0.1) is 0 Å². The van der Waals surface area contributed by atoms with Gasteiger partial charge in [-0.2, -0.15) is 0 Å². The fourth-order valence-electron chi connectivity index (χ4n) is 3.60. The Morgan fingerprint density at radius 2 is 1.52 bits per heavy atom. The summed E-state index contributed by atoms with van der Waals surface area (Å²) in [4.78, 5) is 15.0. The molecule has 0 bridgehead atoms. The van der Waals surface area contributed by atoms with Gasteiger partial charge >= 0.3 is 6.09 Å². The summed E-state index contributed by atoms with van der Waals surface area (Å²) in [5.41, 5.74) is 8.13. The second-order valence-corrected chi connectivity index (χ2v) is 6.35. The minimum Gasteiger partial charge on any atom is -0.465 e. The number of amides is 1. The van der Waals surface area contributed by atoms with Crippen molar-refractivity contribution in [2.75, 3.05) is 36.8 Å². The maximum atomic E-state index is 11.0. The van der Waals surface area contributed by atoms with E-state index in [9.17, 15) is 4.79 Å². The van der Waals surface area contributed by atoms with Crippen LogP contribution in [-0.2, 0) is 0 Å². The Morgan fingerprint density at radius 3 is 2.05 bits per heavy atom. The standard InChI is InChI=1S/C16H23N3O2/c17-13-1-3-14(4-2-13)18-9-5-16(6-10-18)7-11-19(12-8-16)15(20)21/h1-4H,5-12,17H2,(H,20,21). The number of piperidine rings is 2. The molecule has 1 amide bonds. The Bertz CT molecular complexity index is 497. The molecule has 0 saturated carbocycles. The van der Waals surface area contributed by atoms with E-state index in [0.29, 0.717) is 18.5 Å². The maximum absolute atomic E-state index is 11.0. The van der Waals surface area contributed by atoms with Crippen LogP contribution in [0.4, 0.5) is 16.2 Å². The van der Waals surface area contributed by atoms with Crippen molar-refractivity contribution in [3.63, 3.8) is 0 Å².